The summed E-state index contributed by atoms with van der Waals surface area (Å²) >= 11 is 0. The van der Waals surface area contributed by atoms with Gasteiger partial charge in [-0.2, -0.15) is 0 Å². The van der Waals surface area contributed by atoms with Crippen molar-refractivity contribution in [3.8, 4) is 0 Å². The van der Waals surface area contributed by atoms with Crippen molar-refractivity contribution < 1.29 is 9.59 Å². The number of rotatable bonds is 2. The van der Waals surface area contributed by atoms with Crippen molar-refractivity contribution in [3.63, 3.8) is 0 Å². The van der Waals surface area contributed by atoms with Crippen molar-refractivity contribution in [3.05, 3.63) is 24.3 Å². The minimum Gasteiger partial charge on any atom is -0.378 e. The molecule has 0 bridgehead atoms. The van der Waals surface area contributed by atoms with E-state index in [1.807, 2.05) is 44.2 Å². The lowest BCUT2D eigenvalue weighted by atomic mass is 10.2. The predicted octanol–water partition coefficient (Wildman–Crippen LogP) is 0.465. The standard InChI is InChI=1S/C15H22N4O2/c1-17(2)13-6-4-5-12(11-13)16-14(20)15(21)19-9-7-18(3)8-10-19/h4-6,11H,7-10H2,1-3H3,(H,16,20). The number of carbonyl (C=O) groups is 2. The smallest absolute Gasteiger partial charge is 0.313 e. The van der Waals surface area contributed by atoms with E-state index < -0.39 is 11.8 Å². The van der Waals surface area contributed by atoms with Crippen LogP contribution in [0.1, 0.15) is 0 Å². The molecule has 0 atom stereocenters. The second-order valence-electron chi connectivity index (χ2n) is 5.49. The third kappa shape index (κ3) is 3.95. The molecule has 2 amide bonds. The number of hydrogen-bond donors (Lipinski definition) is 1. The molecular weight excluding hydrogens is 268 g/mol. The van der Waals surface area contributed by atoms with E-state index in [0.29, 0.717) is 18.8 Å². The van der Waals surface area contributed by atoms with Crippen LogP contribution in [0.25, 0.3) is 0 Å². The normalized spacial score (nSPS) is 15.7. The van der Waals surface area contributed by atoms with Gasteiger partial charge in [-0.05, 0) is 25.2 Å². The Kier molecular flexibility index (Phi) is 4.80. The van der Waals surface area contributed by atoms with Crippen molar-refractivity contribution in [1.82, 2.24) is 9.80 Å². The van der Waals surface area contributed by atoms with Gasteiger partial charge in [0.1, 0.15) is 0 Å². The van der Waals surface area contributed by atoms with Crippen molar-refractivity contribution in [1.29, 1.82) is 0 Å². The molecule has 1 N–H and O–H groups in total. The number of nitrogens with one attached hydrogen (secondary N) is 1. The molecule has 0 saturated carbocycles. The molecular formula is C15H22N4O2. The molecule has 1 saturated heterocycles. The van der Waals surface area contributed by atoms with Gasteiger partial charge in [-0.25, -0.2) is 0 Å². The van der Waals surface area contributed by atoms with E-state index in [9.17, 15) is 9.59 Å². The van der Waals surface area contributed by atoms with Gasteiger partial charge in [-0.3, -0.25) is 9.59 Å². The van der Waals surface area contributed by atoms with E-state index in [1.165, 1.54) is 0 Å². The quantitative estimate of drug-likeness (QED) is 0.804. The second kappa shape index (κ2) is 6.58. The molecule has 0 aromatic heterocycles. The minimum atomic E-state index is -0.574. The summed E-state index contributed by atoms with van der Waals surface area (Å²) in [5.74, 6) is -1.03. The Morgan fingerprint density at radius 2 is 1.81 bits per heavy atom. The van der Waals surface area contributed by atoms with Gasteiger partial charge >= 0.3 is 11.8 Å². The first-order valence-electron chi connectivity index (χ1n) is 7.03. The summed E-state index contributed by atoms with van der Waals surface area (Å²) in [7, 11) is 5.86. The largest absolute Gasteiger partial charge is 0.378 e. The summed E-state index contributed by atoms with van der Waals surface area (Å²) in [5.41, 5.74) is 1.61. The van der Waals surface area contributed by atoms with Crippen molar-refractivity contribution >= 4 is 23.2 Å². The van der Waals surface area contributed by atoms with Crippen molar-refractivity contribution in [2.45, 2.75) is 0 Å². The number of likely N-dealkylation sites (N-methyl/N-ethyl adjacent to an activating group) is 1. The fourth-order valence-corrected chi connectivity index (χ4v) is 2.20. The number of anilines is 2. The summed E-state index contributed by atoms with van der Waals surface area (Å²) in [4.78, 5) is 29.8. The van der Waals surface area contributed by atoms with Crippen molar-refractivity contribution in [2.24, 2.45) is 0 Å². The maximum absolute atomic E-state index is 12.1. The van der Waals surface area contributed by atoms with E-state index in [0.717, 1.165) is 18.8 Å². The van der Waals surface area contributed by atoms with E-state index in [-0.39, 0.29) is 0 Å². The highest BCUT2D eigenvalue weighted by Crippen LogP contribution is 2.17. The summed E-state index contributed by atoms with van der Waals surface area (Å²) in [6.45, 7) is 2.80. The Hall–Kier alpha value is -2.08. The average molecular weight is 290 g/mol. The number of carbonyl (C=O) groups excluding carboxylic acids is 2. The van der Waals surface area contributed by atoms with Crippen LogP contribution in [0.2, 0.25) is 0 Å². The first kappa shape index (κ1) is 15.3. The molecule has 21 heavy (non-hydrogen) atoms. The minimum absolute atomic E-state index is 0.460. The molecule has 2 rings (SSSR count). The van der Waals surface area contributed by atoms with Gasteiger partial charge in [-0.15, -0.1) is 0 Å². The Morgan fingerprint density at radius 3 is 2.43 bits per heavy atom. The van der Waals surface area contributed by atoms with Gasteiger partial charge < -0.3 is 20.0 Å². The van der Waals surface area contributed by atoms with E-state index in [4.69, 9.17) is 0 Å². The van der Waals surface area contributed by atoms with Gasteiger partial charge in [-0.1, -0.05) is 6.07 Å². The lowest BCUT2D eigenvalue weighted by Crippen LogP contribution is -2.50. The van der Waals surface area contributed by atoms with Gasteiger partial charge in [0, 0.05) is 51.6 Å². The lowest BCUT2D eigenvalue weighted by molar-refractivity contribution is -0.144. The number of amides is 2. The molecule has 0 radical (unpaired) electrons. The fraction of sp³-hybridized carbons (Fsp3) is 0.467. The van der Waals surface area contributed by atoms with Crippen LogP contribution < -0.4 is 10.2 Å². The Balaban J connectivity index is 1.97. The number of piperazine rings is 1. The monoisotopic (exact) mass is 290 g/mol. The van der Waals surface area contributed by atoms with E-state index in [1.54, 1.807) is 11.0 Å². The molecule has 0 spiro atoms. The predicted molar refractivity (Wildman–Crippen MR) is 83.5 cm³/mol. The summed E-state index contributed by atoms with van der Waals surface area (Å²) < 4.78 is 0. The maximum Gasteiger partial charge on any atom is 0.313 e. The van der Waals surface area contributed by atoms with Crippen LogP contribution in [0.3, 0.4) is 0 Å². The average Bonchev–Trinajstić information content (AvgIpc) is 2.47. The molecule has 1 aliphatic rings. The third-order valence-corrected chi connectivity index (χ3v) is 3.61. The molecule has 6 nitrogen and oxygen atoms in total. The second-order valence-corrected chi connectivity index (χ2v) is 5.49. The zero-order valence-electron chi connectivity index (χ0n) is 12.8. The highest BCUT2D eigenvalue weighted by molar-refractivity contribution is 6.39. The topological polar surface area (TPSA) is 55.9 Å². The Bertz CT molecular complexity index is 522. The molecule has 1 aromatic carbocycles. The van der Waals surface area contributed by atoms with Crippen LogP contribution in [0.15, 0.2) is 24.3 Å². The van der Waals surface area contributed by atoms with Gasteiger partial charge in [0.25, 0.3) is 0 Å². The highest BCUT2D eigenvalue weighted by atomic mass is 16.2. The zero-order chi connectivity index (χ0) is 15.4. The third-order valence-electron chi connectivity index (χ3n) is 3.61. The van der Waals surface area contributed by atoms with Crippen LogP contribution >= 0.6 is 0 Å². The number of benzene rings is 1. The number of nitrogens with zero attached hydrogens (tertiary/aromatic N) is 3. The van der Waals surface area contributed by atoms with Crippen LogP contribution in [-0.4, -0.2) is 68.9 Å². The molecule has 0 aliphatic carbocycles. The van der Waals surface area contributed by atoms with Crippen molar-refractivity contribution in [2.75, 3.05) is 57.5 Å². The molecule has 1 fully saturated rings. The molecule has 6 heteroatoms. The highest BCUT2D eigenvalue weighted by Gasteiger charge is 2.24. The summed E-state index contributed by atoms with van der Waals surface area (Å²) in [5, 5.41) is 2.68. The molecule has 1 aliphatic heterocycles. The maximum atomic E-state index is 12.1. The first-order valence-corrected chi connectivity index (χ1v) is 7.03. The summed E-state index contributed by atoms with van der Waals surface area (Å²) in [6.07, 6.45) is 0. The fourth-order valence-electron chi connectivity index (χ4n) is 2.20. The molecule has 1 aromatic rings. The van der Waals surface area contributed by atoms with Crippen LogP contribution in [0.5, 0.6) is 0 Å². The zero-order valence-corrected chi connectivity index (χ0v) is 12.8. The first-order chi connectivity index (χ1) is 9.97. The number of hydrogen-bond acceptors (Lipinski definition) is 4. The van der Waals surface area contributed by atoms with Crippen LogP contribution in [0.4, 0.5) is 11.4 Å². The Labute approximate surface area is 125 Å². The van der Waals surface area contributed by atoms with Crippen LogP contribution in [-0.2, 0) is 9.59 Å². The molecule has 114 valence electrons. The summed E-state index contributed by atoms with van der Waals surface area (Å²) in [6, 6.07) is 7.42. The SMILES string of the molecule is CN1CCN(C(=O)C(=O)Nc2cccc(N(C)C)c2)CC1. The lowest BCUT2D eigenvalue weighted by Gasteiger charge is -2.31. The molecule has 1 heterocycles. The van der Waals surface area contributed by atoms with E-state index in [2.05, 4.69) is 10.2 Å². The molecule has 0 unspecified atom stereocenters. The van der Waals surface area contributed by atoms with Crippen LogP contribution in [0, 0.1) is 0 Å². The van der Waals surface area contributed by atoms with Gasteiger partial charge in [0.15, 0.2) is 0 Å². The Morgan fingerprint density at radius 1 is 1.14 bits per heavy atom. The van der Waals surface area contributed by atoms with Gasteiger partial charge in [0.05, 0.1) is 0 Å². The van der Waals surface area contributed by atoms with E-state index >= 15 is 0 Å². The van der Waals surface area contributed by atoms with Gasteiger partial charge in [0.2, 0.25) is 0 Å².